The van der Waals surface area contributed by atoms with E-state index in [1.807, 2.05) is 6.07 Å². The van der Waals surface area contributed by atoms with Crippen LogP contribution >= 0.6 is 0 Å². The zero-order chi connectivity index (χ0) is 10.7. The van der Waals surface area contributed by atoms with E-state index in [0.29, 0.717) is 16.8 Å². The lowest BCUT2D eigenvalue weighted by molar-refractivity contribution is 0.626. The Morgan fingerprint density at radius 1 is 1.27 bits per heavy atom. The third kappa shape index (κ3) is 1.97. The molecule has 0 bridgehead atoms. The van der Waals surface area contributed by atoms with E-state index in [-0.39, 0.29) is 5.82 Å². The topological polar surface area (TPSA) is 49.6 Å². The summed E-state index contributed by atoms with van der Waals surface area (Å²) >= 11 is 0. The molecule has 0 spiro atoms. The summed E-state index contributed by atoms with van der Waals surface area (Å²) in [6, 6.07) is 6.16. The van der Waals surface area contributed by atoms with Gasteiger partial charge in [-0.05, 0) is 12.1 Å². The summed E-state index contributed by atoms with van der Waals surface area (Å²) in [4.78, 5) is 7.87. The highest BCUT2D eigenvalue weighted by molar-refractivity contribution is 5.59. The van der Waals surface area contributed by atoms with Crippen molar-refractivity contribution in [1.82, 2.24) is 9.97 Å². The van der Waals surface area contributed by atoms with Crippen LogP contribution in [0.2, 0.25) is 0 Å². The van der Waals surface area contributed by atoms with E-state index in [2.05, 4.69) is 9.97 Å². The summed E-state index contributed by atoms with van der Waals surface area (Å²) in [5.41, 5.74) is 1.53. The number of aromatic nitrogens is 2. The molecule has 0 unspecified atom stereocenters. The first-order chi connectivity index (χ1) is 7.29. The molecule has 0 saturated heterocycles. The van der Waals surface area contributed by atoms with Gasteiger partial charge in [-0.1, -0.05) is 0 Å². The quantitative estimate of drug-likeness (QED) is 0.707. The molecule has 15 heavy (non-hydrogen) atoms. The largest absolute Gasteiger partial charge is 0.263 e. The number of nitrogens with zero attached hydrogens (tertiary/aromatic N) is 3. The van der Waals surface area contributed by atoms with Crippen LogP contribution in [0, 0.1) is 17.1 Å². The Kier molecular flexibility index (Phi) is 2.38. The van der Waals surface area contributed by atoms with Crippen LogP contribution in [0.5, 0.6) is 0 Å². The van der Waals surface area contributed by atoms with Gasteiger partial charge in [0.1, 0.15) is 11.9 Å². The van der Waals surface area contributed by atoms with Gasteiger partial charge in [0.05, 0.1) is 11.3 Å². The van der Waals surface area contributed by atoms with E-state index >= 15 is 0 Å². The first kappa shape index (κ1) is 9.28. The Hall–Kier alpha value is -2.28. The average molecular weight is 199 g/mol. The molecule has 0 amide bonds. The van der Waals surface area contributed by atoms with Gasteiger partial charge in [0.15, 0.2) is 0 Å². The third-order valence-corrected chi connectivity index (χ3v) is 1.89. The van der Waals surface area contributed by atoms with E-state index < -0.39 is 0 Å². The van der Waals surface area contributed by atoms with Crippen molar-refractivity contribution in [3.05, 3.63) is 48.2 Å². The monoisotopic (exact) mass is 199 g/mol. The second-order valence-electron chi connectivity index (χ2n) is 2.93. The Morgan fingerprint density at radius 2 is 2.13 bits per heavy atom. The smallest absolute Gasteiger partial charge is 0.126 e. The maximum Gasteiger partial charge on any atom is 0.126 e. The molecule has 2 aromatic heterocycles. The molecule has 2 aromatic rings. The molecule has 72 valence electrons. The fourth-order valence-corrected chi connectivity index (χ4v) is 1.20. The number of rotatable bonds is 1. The second kappa shape index (κ2) is 3.84. The SMILES string of the molecule is N#Cc1cncc(-c2cc(F)ccn2)c1. The minimum absolute atomic E-state index is 0.359. The molecule has 0 aromatic carbocycles. The molecule has 4 heteroatoms. The second-order valence-corrected chi connectivity index (χ2v) is 2.93. The van der Waals surface area contributed by atoms with Crippen molar-refractivity contribution in [2.45, 2.75) is 0 Å². The van der Waals surface area contributed by atoms with Gasteiger partial charge in [0, 0.05) is 30.2 Å². The van der Waals surface area contributed by atoms with Crippen molar-refractivity contribution in [3.8, 4) is 17.3 Å². The Bertz CT molecular complexity index is 531. The Labute approximate surface area is 85.9 Å². The summed E-state index contributed by atoms with van der Waals surface area (Å²) < 4.78 is 12.9. The molecule has 3 nitrogen and oxygen atoms in total. The molecule has 0 N–H and O–H groups in total. The van der Waals surface area contributed by atoms with Gasteiger partial charge >= 0.3 is 0 Å². The zero-order valence-electron chi connectivity index (χ0n) is 7.68. The van der Waals surface area contributed by atoms with Gasteiger partial charge in [-0.25, -0.2) is 4.39 Å². The molecule has 0 aliphatic rings. The van der Waals surface area contributed by atoms with Crippen LogP contribution in [0.4, 0.5) is 4.39 Å². The highest BCUT2D eigenvalue weighted by Gasteiger charge is 2.02. The lowest BCUT2D eigenvalue weighted by Gasteiger charge is -1.99. The predicted octanol–water partition coefficient (Wildman–Crippen LogP) is 2.15. The highest BCUT2D eigenvalue weighted by Crippen LogP contribution is 2.16. The molecule has 0 fully saturated rings. The standard InChI is InChI=1S/C11H6FN3/c12-10-1-2-15-11(4-10)9-3-8(5-13)6-14-7-9/h1-4,6-7H. The van der Waals surface area contributed by atoms with Gasteiger partial charge in [0.2, 0.25) is 0 Å². The van der Waals surface area contributed by atoms with Gasteiger partial charge < -0.3 is 0 Å². The molecule has 2 rings (SSSR count). The van der Waals surface area contributed by atoms with Crippen LogP contribution in [-0.4, -0.2) is 9.97 Å². The number of pyridine rings is 2. The van der Waals surface area contributed by atoms with Crippen molar-refractivity contribution >= 4 is 0 Å². The highest BCUT2D eigenvalue weighted by atomic mass is 19.1. The number of hydrogen-bond donors (Lipinski definition) is 0. The lowest BCUT2D eigenvalue weighted by Crippen LogP contribution is -1.87. The normalized spacial score (nSPS) is 9.60. The van der Waals surface area contributed by atoms with Gasteiger partial charge in [-0.2, -0.15) is 5.26 Å². The Morgan fingerprint density at radius 3 is 2.87 bits per heavy atom. The van der Waals surface area contributed by atoms with E-state index in [0.717, 1.165) is 0 Å². The molecule has 0 radical (unpaired) electrons. The van der Waals surface area contributed by atoms with Crippen molar-refractivity contribution in [2.75, 3.05) is 0 Å². The third-order valence-electron chi connectivity index (χ3n) is 1.89. The van der Waals surface area contributed by atoms with Crippen molar-refractivity contribution < 1.29 is 4.39 Å². The van der Waals surface area contributed by atoms with Gasteiger partial charge in [-0.15, -0.1) is 0 Å². The minimum atomic E-state index is -0.359. The van der Waals surface area contributed by atoms with Crippen molar-refractivity contribution in [1.29, 1.82) is 5.26 Å². The molecule has 0 aliphatic carbocycles. The van der Waals surface area contributed by atoms with Crippen LogP contribution in [0.1, 0.15) is 5.56 Å². The predicted molar refractivity (Wildman–Crippen MR) is 52.1 cm³/mol. The lowest BCUT2D eigenvalue weighted by atomic mass is 10.1. The number of hydrogen-bond acceptors (Lipinski definition) is 3. The van der Waals surface area contributed by atoms with Crippen molar-refractivity contribution in [3.63, 3.8) is 0 Å². The summed E-state index contributed by atoms with van der Waals surface area (Å²) in [5.74, 6) is -0.359. The summed E-state index contributed by atoms with van der Waals surface area (Å²) in [7, 11) is 0. The molecule has 2 heterocycles. The molecule has 0 saturated carbocycles. The molecular formula is C11H6FN3. The maximum atomic E-state index is 12.9. The maximum absolute atomic E-state index is 12.9. The number of halogens is 1. The van der Waals surface area contributed by atoms with E-state index in [9.17, 15) is 4.39 Å². The molecule has 0 aliphatic heterocycles. The van der Waals surface area contributed by atoms with E-state index in [1.54, 1.807) is 12.3 Å². The zero-order valence-corrected chi connectivity index (χ0v) is 7.68. The number of nitriles is 1. The summed E-state index contributed by atoms with van der Waals surface area (Å²) in [5, 5.41) is 8.68. The van der Waals surface area contributed by atoms with E-state index in [1.165, 1.54) is 24.5 Å². The average Bonchev–Trinajstić information content (AvgIpc) is 2.29. The van der Waals surface area contributed by atoms with Crippen LogP contribution in [0.25, 0.3) is 11.3 Å². The fraction of sp³-hybridized carbons (Fsp3) is 0. The van der Waals surface area contributed by atoms with E-state index in [4.69, 9.17) is 5.26 Å². The first-order valence-electron chi connectivity index (χ1n) is 4.26. The van der Waals surface area contributed by atoms with Gasteiger partial charge in [-0.3, -0.25) is 9.97 Å². The van der Waals surface area contributed by atoms with Crippen molar-refractivity contribution in [2.24, 2.45) is 0 Å². The van der Waals surface area contributed by atoms with Crippen LogP contribution in [0.3, 0.4) is 0 Å². The summed E-state index contributed by atoms with van der Waals surface area (Å²) in [6.07, 6.45) is 4.37. The summed E-state index contributed by atoms with van der Waals surface area (Å²) in [6.45, 7) is 0. The van der Waals surface area contributed by atoms with Gasteiger partial charge in [0.25, 0.3) is 0 Å². The molecular weight excluding hydrogens is 193 g/mol. The van der Waals surface area contributed by atoms with Crippen LogP contribution < -0.4 is 0 Å². The van der Waals surface area contributed by atoms with Crippen LogP contribution in [0.15, 0.2) is 36.8 Å². The van der Waals surface area contributed by atoms with Crippen LogP contribution in [-0.2, 0) is 0 Å². The molecule has 0 atom stereocenters. The Balaban J connectivity index is 2.50. The first-order valence-corrected chi connectivity index (χ1v) is 4.26. The minimum Gasteiger partial charge on any atom is -0.263 e. The fourth-order valence-electron chi connectivity index (χ4n) is 1.20.